The minimum atomic E-state index is -0.127. The number of para-hydroxylation sites is 1. The van der Waals surface area contributed by atoms with Gasteiger partial charge in [-0.3, -0.25) is 9.59 Å². The van der Waals surface area contributed by atoms with E-state index in [0.717, 1.165) is 24.8 Å². The van der Waals surface area contributed by atoms with Crippen LogP contribution in [0.25, 0.3) is 0 Å². The van der Waals surface area contributed by atoms with Crippen LogP contribution in [0.5, 0.6) is 0 Å². The minimum absolute atomic E-state index is 0.0890. The number of aryl methyl sites for hydroxylation is 1. The maximum Gasteiger partial charge on any atom is 0.256 e. The van der Waals surface area contributed by atoms with Crippen LogP contribution in [0.15, 0.2) is 60.0 Å². The van der Waals surface area contributed by atoms with Gasteiger partial charge in [-0.1, -0.05) is 42.5 Å². The van der Waals surface area contributed by atoms with Gasteiger partial charge in [0.05, 0.1) is 11.3 Å². The lowest BCUT2D eigenvalue weighted by Gasteiger charge is -2.14. The normalized spacial score (nSPS) is 13.1. The Morgan fingerprint density at radius 1 is 0.846 bits per heavy atom. The first-order chi connectivity index (χ1) is 12.7. The van der Waals surface area contributed by atoms with Gasteiger partial charge in [-0.25, -0.2) is 0 Å². The molecule has 1 aliphatic rings. The lowest BCUT2D eigenvalue weighted by atomic mass is 9.95. The zero-order chi connectivity index (χ0) is 17.9. The average Bonchev–Trinajstić information content (AvgIpc) is 3.13. The van der Waals surface area contributed by atoms with Crippen molar-refractivity contribution in [2.75, 3.05) is 5.32 Å². The first kappa shape index (κ1) is 16.7. The third-order valence-electron chi connectivity index (χ3n) is 4.76. The summed E-state index contributed by atoms with van der Waals surface area (Å²) in [5.41, 5.74) is 3.62. The van der Waals surface area contributed by atoms with Crippen molar-refractivity contribution in [1.82, 2.24) is 0 Å². The van der Waals surface area contributed by atoms with Crippen LogP contribution < -0.4 is 5.32 Å². The van der Waals surface area contributed by atoms with Crippen molar-refractivity contribution in [3.63, 3.8) is 0 Å². The van der Waals surface area contributed by atoms with Gasteiger partial charge in [-0.2, -0.15) is 0 Å². The molecule has 1 heterocycles. The summed E-state index contributed by atoms with van der Waals surface area (Å²) < 4.78 is 0. The van der Waals surface area contributed by atoms with Crippen molar-refractivity contribution in [2.45, 2.75) is 25.7 Å². The second-order valence-electron chi connectivity index (χ2n) is 6.45. The monoisotopic (exact) mass is 361 g/mol. The summed E-state index contributed by atoms with van der Waals surface area (Å²) in [6, 6.07) is 16.3. The highest BCUT2D eigenvalue weighted by atomic mass is 32.1. The fourth-order valence-electron chi connectivity index (χ4n) is 3.41. The molecule has 3 nitrogen and oxygen atoms in total. The van der Waals surface area contributed by atoms with E-state index in [-0.39, 0.29) is 11.7 Å². The summed E-state index contributed by atoms with van der Waals surface area (Å²) in [6.07, 6.45) is 4.36. The van der Waals surface area contributed by atoms with Crippen molar-refractivity contribution in [2.24, 2.45) is 0 Å². The predicted molar refractivity (Wildman–Crippen MR) is 105 cm³/mol. The van der Waals surface area contributed by atoms with Crippen LogP contribution in [0.3, 0.4) is 0 Å². The van der Waals surface area contributed by atoms with Gasteiger partial charge in [0, 0.05) is 21.4 Å². The van der Waals surface area contributed by atoms with Gasteiger partial charge in [0.1, 0.15) is 0 Å². The fourth-order valence-corrected chi connectivity index (χ4v) is 4.53. The van der Waals surface area contributed by atoms with Gasteiger partial charge in [0.2, 0.25) is 0 Å². The van der Waals surface area contributed by atoms with E-state index in [9.17, 15) is 9.59 Å². The lowest BCUT2D eigenvalue weighted by Crippen LogP contribution is -2.17. The van der Waals surface area contributed by atoms with E-state index in [2.05, 4.69) is 5.32 Å². The van der Waals surface area contributed by atoms with Crippen LogP contribution in [0.2, 0.25) is 0 Å². The molecule has 1 amide bonds. The molecular weight excluding hydrogens is 342 g/mol. The molecule has 0 saturated heterocycles. The maximum absolute atomic E-state index is 12.8. The number of rotatable bonds is 4. The quantitative estimate of drug-likeness (QED) is 0.656. The van der Waals surface area contributed by atoms with Crippen LogP contribution in [-0.2, 0) is 12.8 Å². The van der Waals surface area contributed by atoms with Crippen LogP contribution in [0.4, 0.5) is 5.69 Å². The molecule has 1 N–H and O–H groups in total. The molecule has 0 fully saturated rings. The summed E-state index contributed by atoms with van der Waals surface area (Å²) in [4.78, 5) is 27.0. The van der Waals surface area contributed by atoms with Crippen LogP contribution >= 0.6 is 11.3 Å². The molecule has 0 radical (unpaired) electrons. The van der Waals surface area contributed by atoms with Crippen LogP contribution in [0.1, 0.15) is 49.6 Å². The number of anilines is 1. The summed E-state index contributed by atoms with van der Waals surface area (Å²) in [5.74, 6) is -0.216. The molecular formula is C22H19NO2S. The Morgan fingerprint density at radius 2 is 1.58 bits per heavy atom. The van der Waals surface area contributed by atoms with Crippen molar-refractivity contribution in [3.05, 3.63) is 87.1 Å². The van der Waals surface area contributed by atoms with Crippen LogP contribution in [-0.4, -0.2) is 11.7 Å². The molecule has 4 rings (SSSR count). The number of carbonyl (C=O) groups is 2. The third-order valence-corrected chi connectivity index (χ3v) is 5.85. The predicted octanol–water partition coefficient (Wildman–Crippen LogP) is 5.11. The highest BCUT2D eigenvalue weighted by molar-refractivity contribution is 7.10. The van der Waals surface area contributed by atoms with Gasteiger partial charge in [-0.15, -0.1) is 11.3 Å². The number of hydrogen-bond donors (Lipinski definition) is 1. The number of hydrogen-bond acceptors (Lipinski definition) is 3. The molecule has 0 spiro atoms. The zero-order valence-corrected chi connectivity index (χ0v) is 15.1. The third kappa shape index (κ3) is 3.20. The second-order valence-corrected chi connectivity index (χ2v) is 7.42. The molecule has 0 saturated carbocycles. The zero-order valence-electron chi connectivity index (χ0n) is 14.3. The summed E-state index contributed by atoms with van der Waals surface area (Å²) in [7, 11) is 0. The molecule has 0 aliphatic heterocycles. The fraction of sp³-hybridized carbons (Fsp3) is 0.182. The van der Waals surface area contributed by atoms with E-state index in [1.54, 1.807) is 35.6 Å². The molecule has 0 atom stereocenters. The van der Waals surface area contributed by atoms with E-state index in [1.807, 2.05) is 35.7 Å². The number of thiophene rings is 1. The standard InChI is InChI=1S/C22H19NO2S/c24-21(15-8-2-1-3-9-15)17-11-4-6-12-19(17)23-22(25)18-14-26-20-13-7-5-10-16(18)20/h1-4,6,8-9,11-12,14H,5,7,10,13H2,(H,23,25). The maximum atomic E-state index is 12.8. The molecule has 1 aromatic heterocycles. The highest BCUT2D eigenvalue weighted by Gasteiger charge is 2.21. The van der Waals surface area contributed by atoms with Gasteiger partial charge in [0.25, 0.3) is 5.91 Å². The first-order valence-corrected chi connectivity index (χ1v) is 9.71. The Morgan fingerprint density at radius 3 is 2.42 bits per heavy atom. The smallest absolute Gasteiger partial charge is 0.256 e. The van der Waals surface area contributed by atoms with Gasteiger partial charge >= 0.3 is 0 Å². The van der Waals surface area contributed by atoms with Gasteiger partial charge in [0.15, 0.2) is 5.78 Å². The summed E-state index contributed by atoms with van der Waals surface area (Å²) >= 11 is 1.67. The van der Waals surface area contributed by atoms with Crippen LogP contribution in [0, 0.1) is 0 Å². The van der Waals surface area contributed by atoms with E-state index in [4.69, 9.17) is 0 Å². The molecule has 130 valence electrons. The van der Waals surface area contributed by atoms with Crippen molar-refractivity contribution in [3.8, 4) is 0 Å². The van der Waals surface area contributed by atoms with E-state index >= 15 is 0 Å². The molecule has 26 heavy (non-hydrogen) atoms. The minimum Gasteiger partial charge on any atom is -0.321 e. The van der Waals surface area contributed by atoms with E-state index in [0.29, 0.717) is 16.8 Å². The lowest BCUT2D eigenvalue weighted by molar-refractivity contribution is 0.102. The Hall–Kier alpha value is -2.72. The van der Waals surface area contributed by atoms with E-state index in [1.165, 1.54) is 16.9 Å². The number of amides is 1. The Bertz CT molecular complexity index is 959. The second kappa shape index (κ2) is 7.26. The largest absolute Gasteiger partial charge is 0.321 e. The highest BCUT2D eigenvalue weighted by Crippen LogP contribution is 2.31. The number of fused-ring (bicyclic) bond motifs is 1. The molecule has 0 unspecified atom stereocenters. The number of benzene rings is 2. The molecule has 1 aliphatic carbocycles. The van der Waals surface area contributed by atoms with E-state index < -0.39 is 0 Å². The Kier molecular flexibility index (Phi) is 4.67. The molecule has 2 aromatic carbocycles. The Labute approximate surface area is 156 Å². The van der Waals surface area contributed by atoms with Crippen molar-refractivity contribution >= 4 is 28.7 Å². The topological polar surface area (TPSA) is 46.2 Å². The Balaban J connectivity index is 1.62. The average molecular weight is 361 g/mol. The number of carbonyl (C=O) groups excluding carboxylic acids is 2. The van der Waals surface area contributed by atoms with Crippen molar-refractivity contribution < 1.29 is 9.59 Å². The van der Waals surface area contributed by atoms with Gasteiger partial charge < -0.3 is 5.32 Å². The number of ketones is 1. The summed E-state index contributed by atoms with van der Waals surface area (Å²) in [6.45, 7) is 0. The molecule has 4 heteroatoms. The summed E-state index contributed by atoms with van der Waals surface area (Å²) in [5, 5.41) is 4.91. The molecule has 0 bridgehead atoms. The van der Waals surface area contributed by atoms with Crippen molar-refractivity contribution in [1.29, 1.82) is 0 Å². The SMILES string of the molecule is O=C(c1ccccc1)c1ccccc1NC(=O)c1csc2c1CCCC2. The first-order valence-electron chi connectivity index (χ1n) is 8.83. The molecule has 3 aromatic rings. The number of nitrogens with one attached hydrogen (secondary N) is 1. The van der Waals surface area contributed by atoms with Gasteiger partial charge in [-0.05, 0) is 43.4 Å².